The Hall–Kier alpha value is -2.28. The maximum absolute atomic E-state index is 12.8. The molecule has 6 heteroatoms. The van der Waals surface area contributed by atoms with E-state index in [1.807, 2.05) is 30.3 Å². The van der Waals surface area contributed by atoms with Crippen LogP contribution < -0.4 is 5.32 Å². The summed E-state index contributed by atoms with van der Waals surface area (Å²) in [6.07, 6.45) is 17.8. The van der Waals surface area contributed by atoms with Crippen LogP contribution in [0.2, 0.25) is 0 Å². The number of aliphatic hydroxyl groups excluding tert-OH is 1. The van der Waals surface area contributed by atoms with Crippen molar-refractivity contribution in [2.75, 3.05) is 19.6 Å². The first-order chi connectivity index (χ1) is 23.2. The second-order valence-corrected chi connectivity index (χ2v) is 16.9. The predicted octanol–water partition coefficient (Wildman–Crippen LogP) is 7.81. The molecule has 2 aliphatic heterocycles. The van der Waals surface area contributed by atoms with Crippen molar-refractivity contribution >= 4 is 11.7 Å². The third kappa shape index (κ3) is 6.63. The Morgan fingerprint density at radius 3 is 2.69 bits per heavy atom. The lowest BCUT2D eigenvalue weighted by molar-refractivity contribution is -0.119. The number of carbonyl (C=O) groups is 2. The number of rotatable bonds is 11. The number of nitrogens with one attached hydrogen (secondary N) is 1. The average molecular weight is 657 g/mol. The van der Waals surface area contributed by atoms with Gasteiger partial charge in [0.05, 0.1) is 17.8 Å². The summed E-state index contributed by atoms with van der Waals surface area (Å²) in [5.74, 6) is 3.15. The minimum Gasteiger partial charge on any atom is -0.393 e. The molecule has 6 aliphatic rings. The van der Waals surface area contributed by atoms with Gasteiger partial charge in [-0.2, -0.15) is 0 Å². The van der Waals surface area contributed by atoms with Gasteiger partial charge in [-0.1, -0.05) is 55.7 Å². The highest BCUT2D eigenvalue weighted by atomic mass is 16.5. The Morgan fingerprint density at radius 2 is 1.85 bits per heavy atom. The van der Waals surface area contributed by atoms with Crippen LogP contribution >= 0.6 is 0 Å². The van der Waals surface area contributed by atoms with Crippen LogP contribution in [0, 0.1) is 29.1 Å². The van der Waals surface area contributed by atoms with Crippen molar-refractivity contribution in [2.24, 2.45) is 29.1 Å². The fraction of sp³-hybridized carbons (Fsp3) is 0.714. The largest absolute Gasteiger partial charge is 0.393 e. The SMILES string of the molecule is CC1=C2C[C@H]3[C@@H](CC=C4CC(O)CC[C@@]43C)[C@@H]2CC[C@@]12CC1[C@@H](C[C@H](C)CN1CCCC(=O)CCCCCNC(=O)c1ccccc1)O2. The van der Waals surface area contributed by atoms with E-state index in [1.54, 1.807) is 16.7 Å². The molecule has 0 bridgehead atoms. The predicted molar refractivity (Wildman–Crippen MR) is 191 cm³/mol. The summed E-state index contributed by atoms with van der Waals surface area (Å²) in [6, 6.07) is 9.79. The molecule has 4 aliphatic carbocycles. The number of Topliss-reactive ketones (excluding diaryl/α,β-unsaturated/α-hetero) is 1. The number of ether oxygens (including phenoxy) is 1. The lowest BCUT2D eigenvalue weighted by atomic mass is 9.56. The summed E-state index contributed by atoms with van der Waals surface area (Å²) >= 11 is 0. The molecule has 2 unspecified atom stereocenters. The van der Waals surface area contributed by atoms with Gasteiger partial charge >= 0.3 is 0 Å². The lowest BCUT2D eigenvalue weighted by Crippen LogP contribution is -2.49. The van der Waals surface area contributed by atoms with Gasteiger partial charge in [0.1, 0.15) is 5.78 Å². The molecule has 1 aromatic rings. The van der Waals surface area contributed by atoms with E-state index < -0.39 is 0 Å². The minimum atomic E-state index is -0.148. The summed E-state index contributed by atoms with van der Waals surface area (Å²) in [5, 5.41) is 13.4. The number of fused-ring (bicyclic) bond motifs is 6. The number of piperidine rings is 1. The van der Waals surface area contributed by atoms with Crippen LogP contribution in [0.4, 0.5) is 0 Å². The molecule has 2 saturated heterocycles. The molecule has 4 fully saturated rings. The van der Waals surface area contributed by atoms with Crippen LogP contribution in [0.25, 0.3) is 0 Å². The Kier molecular flexibility index (Phi) is 10.1. The third-order valence-electron chi connectivity index (χ3n) is 13.9. The molecule has 6 nitrogen and oxygen atoms in total. The molecular formula is C42H60N2O4. The second kappa shape index (κ2) is 14.2. The molecular weight excluding hydrogens is 596 g/mol. The molecule has 9 atom stereocenters. The summed E-state index contributed by atoms with van der Waals surface area (Å²) in [6.45, 7) is 10.1. The second-order valence-electron chi connectivity index (χ2n) is 16.9. The van der Waals surface area contributed by atoms with Crippen molar-refractivity contribution < 1.29 is 19.4 Å². The quantitative estimate of drug-likeness (QED) is 0.188. The number of hydrogen-bond donors (Lipinski definition) is 2. The number of carbonyl (C=O) groups excluding carboxylic acids is 2. The Bertz CT molecular complexity index is 1400. The van der Waals surface area contributed by atoms with Gasteiger partial charge in [0, 0.05) is 37.5 Å². The Morgan fingerprint density at radius 1 is 1.04 bits per heavy atom. The summed E-state index contributed by atoms with van der Waals surface area (Å²) in [5.41, 5.74) is 5.71. The van der Waals surface area contributed by atoms with Crippen LogP contribution in [0.5, 0.6) is 0 Å². The van der Waals surface area contributed by atoms with Crippen molar-refractivity contribution in [1.29, 1.82) is 0 Å². The Labute approximate surface area is 289 Å². The number of likely N-dealkylation sites (tertiary alicyclic amines) is 1. The van der Waals surface area contributed by atoms with Gasteiger partial charge in [-0.25, -0.2) is 0 Å². The number of ketones is 1. The Balaban J connectivity index is 0.894. The van der Waals surface area contributed by atoms with Crippen LogP contribution in [0.3, 0.4) is 0 Å². The zero-order valence-corrected chi connectivity index (χ0v) is 29.9. The van der Waals surface area contributed by atoms with Crippen LogP contribution in [0.1, 0.15) is 127 Å². The molecule has 1 aromatic carbocycles. The third-order valence-corrected chi connectivity index (χ3v) is 13.9. The zero-order chi connectivity index (χ0) is 33.5. The smallest absolute Gasteiger partial charge is 0.251 e. The van der Waals surface area contributed by atoms with E-state index in [0.29, 0.717) is 60.6 Å². The monoisotopic (exact) mass is 656 g/mol. The van der Waals surface area contributed by atoms with E-state index >= 15 is 0 Å². The van der Waals surface area contributed by atoms with Crippen LogP contribution in [-0.2, 0) is 9.53 Å². The van der Waals surface area contributed by atoms with E-state index in [4.69, 9.17) is 4.74 Å². The number of hydrogen-bond acceptors (Lipinski definition) is 5. The average Bonchev–Trinajstić information content (AvgIpc) is 3.65. The highest BCUT2D eigenvalue weighted by molar-refractivity contribution is 5.94. The molecule has 7 rings (SSSR count). The van der Waals surface area contributed by atoms with Gasteiger partial charge in [0.25, 0.3) is 5.91 Å². The van der Waals surface area contributed by atoms with Gasteiger partial charge in [-0.15, -0.1) is 0 Å². The zero-order valence-electron chi connectivity index (χ0n) is 29.9. The minimum absolute atomic E-state index is 0.0257. The number of benzene rings is 1. The van der Waals surface area contributed by atoms with Gasteiger partial charge in [0.2, 0.25) is 0 Å². The van der Waals surface area contributed by atoms with E-state index in [0.717, 1.165) is 83.2 Å². The maximum Gasteiger partial charge on any atom is 0.251 e. The van der Waals surface area contributed by atoms with Gasteiger partial charge in [0.15, 0.2) is 0 Å². The first kappa shape index (κ1) is 34.2. The molecule has 1 spiro atoms. The van der Waals surface area contributed by atoms with E-state index in [-0.39, 0.29) is 23.0 Å². The van der Waals surface area contributed by atoms with Crippen molar-refractivity contribution in [3.63, 3.8) is 0 Å². The molecule has 2 saturated carbocycles. The van der Waals surface area contributed by atoms with Crippen LogP contribution in [0.15, 0.2) is 53.1 Å². The van der Waals surface area contributed by atoms with Crippen molar-refractivity contribution in [1.82, 2.24) is 10.2 Å². The first-order valence-corrected chi connectivity index (χ1v) is 19.5. The normalized spacial score (nSPS) is 37.4. The molecule has 2 heterocycles. The number of allylic oxidation sites excluding steroid dienone is 2. The number of aliphatic hydroxyl groups is 1. The van der Waals surface area contributed by atoms with Crippen molar-refractivity contribution in [3.8, 4) is 0 Å². The molecule has 0 aromatic heterocycles. The number of nitrogens with zero attached hydrogens (tertiary/aromatic N) is 1. The fourth-order valence-corrected chi connectivity index (χ4v) is 11.3. The lowest BCUT2D eigenvalue weighted by Gasteiger charge is -2.49. The molecule has 1 amide bonds. The van der Waals surface area contributed by atoms with E-state index in [1.165, 1.54) is 19.3 Å². The maximum atomic E-state index is 12.8. The van der Waals surface area contributed by atoms with Gasteiger partial charge < -0.3 is 15.2 Å². The molecule has 48 heavy (non-hydrogen) atoms. The summed E-state index contributed by atoms with van der Waals surface area (Å²) in [4.78, 5) is 27.7. The number of amides is 1. The van der Waals surface area contributed by atoms with E-state index in [2.05, 4.69) is 37.1 Å². The van der Waals surface area contributed by atoms with Gasteiger partial charge in [-0.3, -0.25) is 14.5 Å². The van der Waals surface area contributed by atoms with E-state index in [9.17, 15) is 14.7 Å². The standard InChI is InChI=1S/C42H60N2O4/c1-28-23-39-38(44(27-28)22-10-14-32(45)13-8-5-9-21-43-40(47)30-11-6-4-7-12-30)26-42(48-39)20-18-34-35-16-15-31-24-33(46)17-19-41(31,3)37(35)25-36(34)29(42)2/h4,6-7,11-12,15,28,33-35,37-39,46H,5,8-10,13-14,16-27H2,1-3H3,(H,43,47)/t28-,33?,34-,35-,37-,38?,39+,41-,42+/m0/s1. The fourth-order valence-electron chi connectivity index (χ4n) is 11.3. The molecule has 0 radical (unpaired) electrons. The highest BCUT2D eigenvalue weighted by Gasteiger charge is 2.58. The van der Waals surface area contributed by atoms with Crippen molar-refractivity contribution in [3.05, 3.63) is 58.7 Å². The summed E-state index contributed by atoms with van der Waals surface area (Å²) in [7, 11) is 0. The van der Waals surface area contributed by atoms with Gasteiger partial charge in [-0.05, 0) is 137 Å². The van der Waals surface area contributed by atoms with Crippen molar-refractivity contribution in [2.45, 2.75) is 141 Å². The highest BCUT2D eigenvalue weighted by Crippen LogP contribution is 2.64. The summed E-state index contributed by atoms with van der Waals surface area (Å²) < 4.78 is 7.23. The van der Waals surface area contributed by atoms with Crippen LogP contribution in [-0.4, -0.2) is 65.2 Å². The molecule has 2 N–H and O–H groups in total. The molecule has 262 valence electrons. The number of unbranched alkanes of at least 4 members (excludes halogenated alkanes) is 2. The first-order valence-electron chi connectivity index (χ1n) is 19.5. The topological polar surface area (TPSA) is 78.9 Å².